The molecule has 0 aliphatic carbocycles. The molecule has 0 aromatic carbocycles. The summed E-state index contributed by atoms with van der Waals surface area (Å²) < 4.78 is 7.76. The SMILES string of the molecule is CNC(C)c1ccc(-c2c(C)nn(C)c2C)o1. The Bertz CT molecular complexity index is 525. The normalized spacial score (nSPS) is 13.0. The summed E-state index contributed by atoms with van der Waals surface area (Å²) in [5.41, 5.74) is 3.23. The Kier molecular flexibility index (Phi) is 3.07. The molecule has 2 heterocycles. The van der Waals surface area contributed by atoms with E-state index in [0.717, 1.165) is 28.5 Å². The van der Waals surface area contributed by atoms with Gasteiger partial charge in [-0.25, -0.2) is 0 Å². The molecule has 0 radical (unpaired) electrons. The van der Waals surface area contributed by atoms with E-state index in [4.69, 9.17) is 4.42 Å². The molecular weight excluding hydrogens is 214 g/mol. The Morgan fingerprint density at radius 3 is 2.59 bits per heavy atom. The number of nitrogens with zero attached hydrogens (tertiary/aromatic N) is 2. The third kappa shape index (κ3) is 2.00. The molecule has 2 aromatic heterocycles. The highest BCUT2D eigenvalue weighted by Gasteiger charge is 2.16. The van der Waals surface area contributed by atoms with E-state index in [2.05, 4.69) is 24.3 Å². The number of aryl methyl sites for hydroxylation is 2. The summed E-state index contributed by atoms with van der Waals surface area (Å²) in [5, 5.41) is 7.57. The van der Waals surface area contributed by atoms with Gasteiger partial charge < -0.3 is 9.73 Å². The molecule has 0 bridgehead atoms. The first kappa shape index (κ1) is 11.9. The topological polar surface area (TPSA) is 43.0 Å². The van der Waals surface area contributed by atoms with E-state index in [1.54, 1.807) is 0 Å². The Balaban J connectivity index is 2.43. The minimum atomic E-state index is 0.223. The minimum Gasteiger partial charge on any atom is -0.459 e. The van der Waals surface area contributed by atoms with Crippen LogP contribution < -0.4 is 5.32 Å². The zero-order chi connectivity index (χ0) is 12.6. The molecule has 0 saturated carbocycles. The molecule has 0 aliphatic heterocycles. The summed E-state index contributed by atoms with van der Waals surface area (Å²) in [5.74, 6) is 1.84. The van der Waals surface area contributed by atoms with Crippen LogP contribution in [0, 0.1) is 13.8 Å². The van der Waals surface area contributed by atoms with E-state index in [1.165, 1.54) is 0 Å². The van der Waals surface area contributed by atoms with Crippen LogP contribution in [0.25, 0.3) is 11.3 Å². The van der Waals surface area contributed by atoms with E-state index in [0.29, 0.717) is 0 Å². The van der Waals surface area contributed by atoms with Gasteiger partial charge in [-0.1, -0.05) is 0 Å². The number of nitrogens with one attached hydrogen (secondary N) is 1. The maximum Gasteiger partial charge on any atom is 0.138 e. The van der Waals surface area contributed by atoms with Crippen molar-refractivity contribution in [1.82, 2.24) is 15.1 Å². The summed E-state index contributed by atoms with van der Waals surface area (Å²) in [7, 11) is 3.87. The number of hydrogen-bond donors (Lipinski definition) is 1. The van der Waals surface area contributed by atoms with Gasteiger partial charge in [-0.15, -0.1) is 0 Å². The molecule has 92 valence electrons. The van der Waals surface area contributed by atoms with Gasteiger partial charge in [0.15, 0.2) is 0 Å². The van der Waals surface area contributed by atoms with E-state index < -0.39 is 0 Å². The summed E-state index contributed by atoms with van der Waals surface area (Å²) in [6.07, 6.45) is 0. The molecule has 1 unspecified atom stereocenters. The second kappa shape index (κ2) is 4.37. The quantitative estimate of drug-likeness (QED) is 0.886. The largest absolute Gasteiger partial charge is 0.459 e. The van der Waals surface area contributed by atoms with Crippen LogP contribution in [0.3, 0.4) is 0 Å². The van der Waals surface area contributed by atoms with Crippen LogP contribution in [0.15, 0.2) is 16.5 Å². The molecule has 0 saturated heterocycles. The van der Waals surface area contributed by atoms with Crippen molar-refractivity contribution < 1.29 is 4.42 Å². The van der Waals surface area contributed by atoms with Gasteiger partial charge >= 0.3 is 0 Å². The van der Waals surface area contributed by atoms with E-state index >= 15 is 0 Å². The molecule has 1 N–H and O–H groups in total. The first-order chi connectivity index (χ1) is 8.04. The van der Waals surface area contributed by atoms with Crippen LogP contribution in [0.1, 0.15) is 30.1 Å². The first-order valence-corrected chi connectivity index (χ1v) is 5.82. The summed E-state index contributed by atoms with van der Waals surface area (Å²) >= 11 is 0. The number of furan rings is 1. The fraction of sp³-hybridized carbons (Fsp3) is 0.462. The number of hydrogen-bond acceptors (Lipinski definition) is 3. The van der Waals surface area contributed by atoms with E-state index in [9.17, 15) is 0 Å². The standard InChI is InChI=1S/C13H19N3O/c1-8(14-4)11-6-7-12(17-11)13-9(2)15-16(5)10(13)3/h6-8,14H,1-5H3. The highest BCUT2D eigenvalue weighted by molar-refractivity contribution is 5.63. The lowest BCUT2D eigenvalue weighted by Gasteiger charge is -2.05. The highest BCUT2D eigenvalue weighted by Crippen LogP contribution is 2.29. The van der Waals surface area contributed by atoms with Gasteiger partial charge in [0.25, 0.3) is 0 Å². The second-order valence-corrected chi connectivity index (χ2v) is 4.38. The Labute approximate surface area is 102 Å². The molecule has 17 heavy (non-hydrogen) atoms. The van der Waals surface area contributed by atoms with Gasteiger partial charge in [-0.3, -0.25) is 4.68 Å². The smallest absolute Gasteiger partial charge is 0.138 e. The maximum atomic E-state index is 5.88. The molecule has 2 aromatic rings. The maximum absolute atomic E-state index is 5.88. The molecule has 0 aliphatic rings. The van der Waals surface area contributed by atoms with Crippen molar-refractivity contribution in [2.75, 3.05) is 7.05 Å². The van der Waals surface area contributed by atoms with Gasteiger partial charge in [-0.05, 0) is 40.0 Å². The van der Waals surface area contributed by atoms with Crippen LogP contribution in [0.4, 0.5) is 0 Å². The number of aromatic nitrogens is 2. The first-order valence-electron chi connectivity index (χ1n) is 5.82. The summed E-state index contributed by atoms with van der Waals surface area (Å²) in [6.45, 7) is 6.14. The van der Waals surface area contributed by atoms with E-state index in [1.807, 2.05) is 37.8 Å². The molecular formula is C13H19N3O. The molecule has 0 amide bonds. The van der Waals surface area contributed by atoms with Crippen molar-refractivity contribution in [3.8, 4) is 11.3 Å². The summed E-state index contributed by atoms with van der Waals surface area (Å²) in [6, 6.07) is 4.25. The zero-order valence-corrected chi connectivity index (χ0v) is 11.0. The minimum absolute atomic E-state index is 0.223. The Morgan fingerprint density at radius 2 is 2.06 bits per heavy atom. The van der Waals surface area contributed by atoms with Gasteiger partial charge in [0.05, 0.1) is 17.3 Å². The fourth-order valence-electron chi connectivity index (χ4n) is 1.99. The van der Waals surface area contributed by atoms with Gasteiger partial charge in [0.1, 0.15) is 11.5 Å². The van der Waals surface area contributed by atoms with Crippen molar-refractivity contribution in [2.24, 2.45) is 7.05 Å². The third-order valence-electron chi connectivity index (χ3n) is 3.24. The lowest BCUT2D eigenvalue weighted by molar-refractivity contribution is 0.458. The van der Waals surface area contributed by atoms with Crippen LogP contribution in [-0.2, 0) is 7.05 Å². The highest BCUT2D eigenvalue weighted by atomic mass is 16.3. The molecule has 0 spiro atoms. The average Bonchev–Trinajstić information content (AvgIpc) is 2.85. The molecule has 4 heteroatoms. The zero-order valence-electron chi connectivity index (χ0n) is 11.0. The second-order valence-electron chi connectivity index (χ2n) is 4.38. The van der Waals surface area contributed by atoms with Gasteiger partial charge in [0, 0.05) is 12.7 Å². The van der Waals surface area contributed by atoms with Crippen LogP contribution in [-0.4, -0.2) is 16.8 Å². The third-order valence-corrected chi connectivity index (χ3v) is 3.24. The fourth-order valence-corrected chi connectivity index (χ4v) is 1.99. The molecule has 2 rings (SSSR count). The van der Waals surface area contributed by atoms with Gasteiger partial charge in [0.2, 0.25) is 0 Å². The van der Waals surface area contributed by atoms with E-state index in [-0.39, 0.29) is 6.04 Å². The monoisotopic (exact) mass is 233 g/mol. The summed E-state index contributed by atoms with van der Waals surface area (Å²) in [4.78, 5) is 0. The predicted octanol–water partition coefficient (Wildman–Crippen LogP) is 2.58. The van der Waals surface area contributed by atoms with Crippen LogP contribution in [0.5, 0.6) is 0 Å². The lowest BCUT2D eigenvalue weighted by Crippen LogP contribution is -2.11. The van der Waals surface area contributed by atoms with Crippen molar-refractivity contribution in [2.45, 2.75) is 26.8 Å². The van der Waals surface area contributed by atoms with Crippen molar-refractivity contribution in [1.29, 1.82) is 0 Å². The van der Waals surface area contributed by atoms with Crippen molar-refractivity contribution >= 4 is 0 Å². The molecule has 1 atom stereocenters. The Morgan fingerprint density at radius 1 is 1.35 bits per heavy atom. The predicted molar refractivity (Wildman–Crippen MR) is 67.9 cm³/mol. The average molecular weight is 233 g/mol. The van der Waals surface area contributed by atoms with Crippen LogP contribution >= 0.6 is 0 Å². The van der Waals surface area contributed by atoms with Gasteiger partial charge in [-0.2, -0.15) is 5.10 Å². The lowest BCUT2D eigenvalue weighted by atomic mass is 10.1. The molecule has 0 fully saturated rings. The van der Waals surface area contributed by atoms with Crippen LogP contribution in [0.2, 0.25) is 0 Å². The Hall–Kier alpha value is -1.55. The van der Waals surface area contributed by atoms with Crippen molar-refractivity contribution in [3.05, 3.63) is 29.3 Å². The van der Waals surface area contributed by atoms with Crippen molar-refractivity contribution in [3.63, 3.8) is 0 Å². The number of rotatable bonds is 3. The molecule has 4 nitrogen and oxygen atoms in total.